The number of hydrogen-bond donors (Lipinski definition) is 1. The van der Waals surface area contributed by atoms with Crippen molar-refractivity contribution in [1.29, 1.82) is 0 Å². The molecule has 0 aliphatic carbocycles. The predicted octanol–water partition coefficient (Wildman–Crippen LogP) is 1.40. The van der Waals surface area contributed by atoms with Gasteiger partial charge in [0, 0.05) is 23.2 Å². The van der Waals surface area contributed by atoms with Crippen LogP contribution in [0.15, 0.2) is 6.20 Å². The van der Waals surface area contributed by atoms with Crippen LogP contribution in [0.1, 0.15) is 23.7 Å². The number of aromatic nitrogens is 1. The Morgan fingerprint density at radius 1 is 1.54 bits per heavy atom. The molecule has 1 heterocycles. The van der Waals surface area contributed by atoms with E-state index < -0.39 is 0 Å². The lowest BCUT2D eigenvalue weighted by Crippen LogP contribution is -2.27. The lowest BCUT2D eigenvalue weighted by molar-refractivity contribution is 0.401. The van der Waals surface area contributed by atoms with E-state index in [1.807, 2.05) is 34.1 Å². The molecule has 0 amide bonds. The molecule has 4 heteroatoms. The quantitative estimate of drug-likeness (QED) is 0.800. The summed E-state index contributed by atoms with van der Waals surface area (Å²) >= 11 is 1.69. The third-order valence-corrected chi connectivity index (χ3v) is 2.96. The van der Waals surface area contributed by atoms with E-state index in [1.165, 1.54) is 0 Å². The third kappa shape index (κ3) is 3.06. The maximum absolute atomic E-state index is 5.96. The molecule has 2 N–H and O–H groups in total. The standard InChI is InChI=1S/C9H17N3S/c1-9(2,10)7-5-11-8(13-7)6-12(3)4/h5H,6,10H2,1-4H3. The molecule has 1 rings (SSSR count). The molecule has 0 saturated carbocycles. The summed E-state index contributed by atoms with van der Waals surface area (Å²) in [7, 11) is 4.07. The van der Waals surface area contributed by atoms with Crippen molar-refractivity contribution in [1.82, 2.24) is 9.88 Å². The Balaban J connectivity index is 2.75. The first-order valence-electron chi connectivity index (χ1n) is 4.28. The first-order valence-corrected chi connectivity index (χ1v) is 5.10. The largest absolute Gasteiger partial charge is 0.321 e. The zero-order chi connectivity index (χ0) is 10.1. The molecule has 0 radical (unpaired) electrons. The summed E-state index contributed by atoms with van der Waals surface area (Å²) < 4.78 is 0. The highest BCUT2D eigenvalue weighted by atomic mass is 32.1. The van der Waals surface area contributed by atoms with Crippen LogP contribution in [0.2, 0.25) is 0 Å². The van der Waals surface area contributed by atoms with Gasteiger partial charge in [-0.05, 0) is 27.9 Å². The molecule has 0 bridgehead atoms. The van der Waals surface area contributed by atoms with E-state index in [0.717, 1.165) is 16.4 Å². The molecule has 0 spiro atoms. The molecule has 0 atom stereocenters. The van der Waals surface area contributed by atoms with Crippen molar-refractivity contribution >= 4 is 11.3 Å². The highest BCUT2D eigenvalue weighted by Crippen LogP contribution is 2.23. The molecule has 1 aromatic heterocycles. The fraction of sp³-hybridized carbons (Fsp3) is 0.667. The average Bonchev–Trinajstić information content (AvgIpc) is 2.32. The molecule has 1 aromatic rings. The second-order valence-electron chi connectivity index (χ2n) is 4.08. The SMILES string of the molecule is CN(C)Cc1ncc(C(C)(C)N)s1. The van der Waals surface area contributed by atoms with Gasteiger partial charge in [0.15, 0.2) is 0 Å². The van der Waals surface area contributed by atoms with Gasteiger partial charge in [0.25, 0.3) is 0 Å². The maximum atomic E-state index is 5.96. The van der Waals surface area contributed by atoms with Crippen LogP contribution in [0.25, 0.3) is 0 Å². The van der Waals surface area contributed by atoms with Crippen LogP contribution in [-0.2, 0) is 12.1 Å². The van der Waals surface area contributed by atoms with E-state index in [4.69, 9.17) is 5.73 Å². The van der Waals surface area contributed by atoms with Crippen LogP contribution in [0, 0.1) is 0 Å². The fourth-order valence-corrected chi connectivity index (χ4v) is 2.00. The molecular weight excluding hydrogens is 182 g/mol. The number of nitrogens with two attached hydrogens (primary N) is 1. The zero-order valence-corrected chi connectivity index (χ0v) is 9.48. The van der Waals surface area contributed by atoms with Gasteiger partial charge in [-0.25, -0.2) is 4.98 Å². The summed E-state index contributed by atoms with van der Waals surface area (Å²) in [5, 5.41) is 1.12. The summed E-state index contributed by atoms with van der Waals surface area (Å²) in [6.45, 7) is 4.89. The summed E-state index contributed by atoms with van der Waals surface area (Å²) in [5.74, 6) is 0. The number of rotatable bonds is 3. The van der Waals surface area contributed by atoms with Gasteiger partial charge in [-0.2, -0.15) is 0 Å². The average molecular weight is 199 g/mol. The first-order chi connectivity index (χ1) is 5.89. The van der Waals surface area contributed by atoms with Gasteiger partial charge in [0.1, 0.15) is 5.01 Å². The van der Waals surface area contributed by atoms with Gasteiger partial charge in [-0.1, -0.05) is 0 Å². The van der Waals surface area contributed by atoms with Gasteiger partial charge in [0.05, 0.1) is 0 Å². The maximum Gasteiger partial charge on any atom is 0.107 e. The van der Waals surface area contributed by atoms with Gasteiger partial charge >= 0.3 is 0 Å². The van der Waals surface area contributed by atoms with Gasteiger partial charge in [-0.3, -0.25) is 0 Å². The Morgan fingerprint density at radius 3 is 2.54 bits per heavy atom. The number of hydrogen-bond acceptors (Lipinski definition) is 4. The van der Waals surface area contributed by atoms with E-state index in [0.29, 0.717) is 0 Å². The van der Waals surface area contributed by atoms with Crippen molar-refractivity contribution in [2.24, 2.45) is 5.73 Å². The van der Waals surface area contributed by atoms with Crippen molar-refractivity contribution in [3.8, 4) is 0 Å². The van der Waals surface area contributed by atoms with Crippen molar-refractivity contribution in [2.45, 2.75) is 25.9 Å². The van der Waals surface area contributed by atoms with E-state index in [1.54, 1.807) is 11.3 Å². The van der Waals surface area contributed by atoms with E-state index in [2.05, 4.69) is 9.88 Å². The van der Waals surface area contributed by atoms with Crippen molar-refractivity contribution in [3.63, 3.8) is 0 Å². The Hall–Kier alpha value is -0.450. The Labute approximate surface area is 83.6 Å². The Bertz CT molecular complexity index is 273. The van der Waals surface area contributed by atoms with E-state index >= 15 is 0 Å². The topological polar surface area (TPSA) is 42.2 Å². The van der Waals surface area contributed by atoms with Crippen LogP contribution >= 0.6 is 11.3 Å². The highest BCUT2D eigenvalue weighted by Gasteiger charge is 2.17. The minimum absolute atomic E-state index is 0.262. The van der Waals surface area contributed by atoms with Crippen molar-refractivity contribution in [2.75, 3.05) is 14.1 Å². The van der Waals surface area contributed by atoms with E-state index in [9.17, 15) is 0 Å². The van der Waals surface area contributed by atoms with Gasteiger partial charge < -0.3 is 10.6 Å². The summed E-state index contributed by atoms with van der Waals surface area (Å²) in [6, 6.07) is 0. The molecule has 3 nitrogen and oxygen atoms in total. The second-order valence-corrected chi connectivity index (χ2v) is 5.19. The normalized spacial score (nSPS) is 12.5. The van der Waals surface area contributed by atoms with Crippen LogP contribution < -0.4 is 5.73 Å². The minimum atomic E-state index is -0.262. The lowest BCUT2D eigenvalue weighted by atomic mass is 10.1. The third-order valence-electron chi connectivity index (χ3n) is 1.64. The first kappa shape index (κ1) is 10.6. The van der Waals surface area contributed by atoms with Crippen molar-refractivity contribution in [3.05, 3.63) is 16.1 Å². The van der Waals surface area contributed by atoms with E-state index in [-0.39, 0.29) is 5.54 Å². The smallest absolute Gasteiger partial charge is 0.107 e. The second kappa shape index (κ2) is 3.74. The molecule has 0 aliphatic rings. The molecule has 0 saturated heterocycles. The van der Waals surface area contributed by atoms with Crippen LogP contribution in [0.3, 0.4) is 0 Å². The zero-order valence-electron chi connectivity index (χ0n) is 8.66. The summed E-state index contributed by atoms with van der Waals surface area (Å²) in [4.78, 5) is 7.57. The van der Waals surface area contributed by atoms with Gasteiger partial charge in [0.2, 0.25) is 0 Å². The highest BCUT2D eigenvalue weighted by molar-refractivity contribution is 7.11. The van der Waals surface area contributed by atoms with Gasteiger partial charge in [-0.15, -0.1) is 11.3 Å². The van der Waals surface area contributed by atoms with Crippen molar-refractivity contribution < 1.29 is 0 Å². The summed E-state index contributed by atoms with van der Waals surface area (Å²) in [6.07, 6.45) is 1.88. The Kier molecular flexibility index (Phi) is 3.05. The molecule has 0 unspecified atom stereocenters. The Morgan fingerprint density at radius 2 is 2.15 bits per heavy atom. The number of thiazole rings is 1. The minimum Gasteiger partial charge on any atom is -0.321 e. The number of nitrogens with zero attached hydrogens (tertiary/aromatic N) is 2. The summed E-state index contributed by atoms with van der Waals surface area (Å²) in [5.41, 5.74) is 5.70. The lowest BCUT2D eigenvalue weighted by Gasteiger charge is -2.14. The predicted molar refractivity (Wildman–Crippen MR) is 56.7 cm³/mol. The molecule has 0 aromatic carbocycles. The van der Waals surface area contributed by atoms with Crippen LogP contribution in [0.5, 0.6) is 0 Å². The molecule has 0 fully saturated rings. The molecule has 74 valence electrons. The fourth-order valence-electron chi connectivity index (χ4n) is 0.952. The van der Waals surface area contributed by atoms with Crippen LogP contribution in [0.4, 0.5) is 0 Å². The molecule has 13 heavy (non-hydrogen) atoms. The monoisotopic (exact) mass is 199 g/mol. The van der Waals surface area contributed by atoms with Crippen LogP contribution in [-0.4, -0.2) is 24.0 Å². The molecule has 0 aliphatic heterocycles. The molecular formula is C9H17N3S.